The summed E-state index contributed by atoms with van der Waals surface area (Å²) in [4.78, 5) is 24.3. The average molecular weight is 303 g/mol. The van der Waals surface area contributed by atoms with Gasteiger partial charge in [0.05, 0.1) is 5.56 Å². The molecule has 110 valence electrons. The van der Waals surface area contributed by atoms with Crippen LogP contribution in [0, 0.1) is 13.8 Å². The van der Waals surface area contributed by atoms with Gasteiger partial charge in [-0.05, 0) is 55.0 Å². The molecule has 0 aliphatic rings. The summed E-state index contributed by atoms with van der Waals surface area (Å²) in [5, 5.41) is 13.9. The van der Waals surface area contributed by atoms with Crippen LogP contribution in [0.25, 0.3) is 0 Å². The molecule has 0 atom stereocenters. The van der Waals surface area contributed by atoms with Crippen molar-refractivity contribution in [3.8, 4) is 0 Å². The molecule has 0 spiro atoms. The van der Waals surface area contributed by atoms with Gasteiger partial charge in [-0.1, -0.05) is 6.07 Å². The zero-order chi connectivity index (χ0) is 15.4. The molecule has 5 heteroatoms. The molecular weight excluding hydrogens is 286 g/mol. The molecule has 1 amide bonds. The first kappa shape index (κ1) is 15.3. The normalized spacial score (nSPS) is 10.4. The average Bonchev–Trinajstić information content (AvgIpc) is 2.93. The van der Waals surface area contributed by atoms with E-state index >= 15 is 0 Å². The van der Waals surface area contributed by atoms with Crippen molar-refractivity contribution in [2.24, 2.45) is 0 Å². The molecule has 0 aliphatic heterocycles. The topological polar surface area (TPSA) is 66.4 Å². The predicted octanol–water partition coefficient (Wildman–Crippen LogP) is 3.63. The summed E-state index contributed by atoms with van der Waals surface area (Å²) in [6, 6.07) is 7.26. The lowest BCUT2D eigenvalue weighted by atomic mass is 10.0. The molecule has 1 aromatic carbocycles. The van der Waals surface area contributed by atoms with E-state index in [1.807, 2.05) is 24.4 Å². The molecule has 2 N–H and O–H groups in total. The molecule has 0 saturated carbocycles. The van der Waals surface area contributed by atoms with Crippen molar-refractivity contribution in [2.75, 3.05) is 5.32 Å². The first-order valence-corrected chi connectivity index (χ1v) is 7.52. The monoisotopic (exact) mass is 303 g/mol. The fourth-order valence-corrected chi connectivity index (χ4v) is 2.78. The van der Waals surface area contributed by atoms with E-state index in [0.29, 0.717) is 18.5 Å². The molecule has 1 aromatic heterocycles. The second kappa shape index (κ2) is 6.54. The van der Waals surface area contributed by atoms with Crippen LogP contribution in [0.5, 0.6) is 0 Å². The van der Waals surface area contributed by atoms with Crippen LogP contribution in [-0.4, -0.2) is 17.0 Å². The fourth-order valence-electron chi connectivity index (χ4n) is 2.07. The van der Waals surface area contributed by atoms with Gasteiger partial charge < -0.3 is 10.4 Å². The quantitative estimate of drug-likeness (QED) is 0.886. The number of carbonyl (C=O) groups is 2. The van der Waals surface area contributed by atoms with Gasteiger partial charge in [-0.15, -0.1) is 11.3 Å². The van der Waals surface area contributed by atoms with E-state index in [1.165, 1.54) is 6.07 Å². The van der Waals surface area contributed by atoms with Gasteiger partial charge in [0.2, 0.25) is 5.91 Å². The summed E-state index contributed by atoms with van der Waals surface area (Å²) < 4.78 is 0. The zero-order valence-corrected chi connectivity index (χ0v) is 12.8. The number of hydrogen-bond donors (Lipinski definition) is 2. The molecule has 0 aliphatic carbocycles. The Labute approximate surface area is 127 Å². The van der Waals surface area contributed by atoms with Crippen molar-refractivity contribution in [1.82, 2.24) is 0 Å². The third-order valence-corrected chi connectivity index (χ3v) is 4.30. The number of carboxylic acids is 1. The molecule has 0 bridgehead atoms. The number of amides is 1. The Morgan fingerprint density at radius 1 is 1.29 bits per heavy atom. The van der Waals surface area contributed by atoms with E-state index in [2.05, 4.69) is 5.32 Å². The van der Waals surface area contributed by atoms with Gasteiger partial charge in [0.25, 0.3) is 0 Å². The lowest BCUT2D eigenvalue weighted by Gasteiger charge is -2.10. The van der Waals surface area contributed by atoms with Crippen LogP contribution in [0.4, 0.5) is 5.69 Å². The molecule has 0 saturated heterocycles. The number of anilines is 1. The van der Waals surface area contributed by atoms with Crippen molar-refractivity contribution in [3.05, 3.63) is 51.2 Å². The van der Waals surface area contributed by atoms with Crippen molar-refractivity contribution in [3.63, 3.8) is 0 Å². The predicted molar refractivity (Wildman–Crippen MR) is 84.1 cm³/mol. The van der Waals surface area contributed by atoms with Gasteiger partial charge in [-0.3, -0.25) is 4.79 Å². The fraction of sp³-hybridized carbons (Fsp3) is 0.250. The Hall–Kier alpha value is -2.14. The number of thiophene rings is 1. The summed E-state index contributed by atoms with van der Waals surface area (Å²) in [6.07, 6.45) is 1.08. The Kier molecular flexibility index (Phi) is 4.75. The first-order chi connectivity index (χ1) is 9.97. The number of aryl methyl sites for hydroxylation is 2. The Bertz CT molecular complexity index is 662. The summed E-state index contributed by atoms with van der Waals surface area (Å²) in [5.74, 6) is -1.09. The second-order valence-electron chi connectivity index (χ2n) is 4.90. The maximum absolute atomic E-state index is 11.9. The zero-order valence-electron chi connectivity index (χ0n) is 12.0. The summed E-state index contributed by atoms with van der Waals surface area (Å²) >= 11 is 1.62. The lowest BCUT2D eigenvalue weighted by molar-refractivity contribution is -0.116. The van der Waals surface area contributed by atoms with Gasteiger partial charge in [-0.2, -0.15) is 0 Å². The highest BCUT2D eigenvalue weighted by Gasteiger charge is 2.12. The Morgan fingerprint density at radius 2 is 2.05 bits per heavy atom. The summed E-state index contributed by atoms with van der Waals surface area (Å²) in [5.41, 5.74) is 2.33. The van der Waals surface area contributed by atoms with Gasteiger partial charge in [0.15, 0.2) is 0 Å². The smallest absolute Gasteiger partial charge is 0.336 e. The van der Waals surface area contributed by atoms with E-state index in [1.54, 1.807) is 24.3 Å². The highest BCUT2D eigenvalue weighted by molar-refractivity contribution is 7.09. The minimum Gasteiger partial charge on any atom is -0.478 e. The molecular formula is C16H17NO3S. The van der Waals surface area contributed by atoms with Gasteiger partial charge in [0, 0.05) is 17.0 Å². The largest absolute Gasteiger partial charge is 0.478 e. The van der Waals surface area contributed by atoms with Crippen LogP contribution >= 0.6 is 11.3 Å². The van der Waals surface area contributed by atoms with Crippen LogP contribution < -0.4 is 5.32 Å². The van der Waals surface area contributed by atoms with Crippen molar-refractivity contribution < 1.29 is 14.7 Å². The third kappa shape index (κ3) is 3.92. The number of benzene rings is 1. The minimum absolute atomic E-state index is 0.108. The van der Waals surface area contributed by atoms with Gasteiger partial charge >= 0.3 is 5.97 Å². The van der Waals surface area contributed by atoms with Crippen LogP contribution in [0.15, 0.2) is 29.6 Å². The number of rotatable bonds is 5. The van der Waals surface area contributed by atoms with Crippen LogP contribution in [0.1, 0.15) is 32.8 Å². The molecule has 0 fully saturated rings. The van der Waals surface area contributed by atoms with E-state index in [-0.39, 0.29) is 11.5 Å². The number of aromatic carboxylic acids is 1. The first-order valence-electron chi connectivity index (χ1n) is 6.64. The van der Waals surface area contributed by atoms with E-state index in [0.717, 1.165) is 16.0 Å². The molecule has 0 radical (unpaired) electrons. The minimum atomic E-state index is -0.981. The second-order valence-corrected chi connectivity index (χ2v) is 5.93. The molecule has 4 nitrogen and oxygen atoms in total. The standard InChI is InChI=1S/C16H17NO3S/c1-10-8-12(9-14(11(10)2)16(19)20)17-15(18)6-5-13-4-3-7-21-13/h3-4,7-9H,5-6H2,1-2H3,(H,17,18)(H,19,20). The maximum Gasteiger partial charge on any atom is 0.336 e. The van der Waals surface area contributed by atoms with Crippen LogP contribution in [0.3, 0.4) is 0 Å². The number of carboxylic acid groups (broad SMARTS) is 1. The molecule has 2 aromatic rings. The maximum atomic E-state index is 11.9. The van der Waals surface area contributed by atoms with Gasteiger partial charge in [0.1, 0.15) is 0 Å². The molecule has 1 heterocycles. The highest BCUT2D eigenvalue weighted by atomic mass is 32.1. The highest BCUT2D eigenvalue weighted by Crippen LogP contribution is 2.20. The van der Waals surface area contributed by atoms with Gasteiger partial charge in [-0.25, -0.2) is 4.79 Å². The number of carbonyl (C=O) groups excluding carboxylic acids is 1. The Morgan fingerprint density at radius 3 is 2.67 bits per heavy atom. The van der Waals surface area contributed by atoms with Crippen molar-refractivity contribution in [2.45, 2.75) is 26.7 Å². The molecule has 0 unspecified atom stereocenters. The van der Waals surface area contributed by atoms with Crippen LogP contribution in [0.2, 0.25) is 0 Å². The SMILES string of the molecule is Cc1cc(NC(=O)CCc2cccs2)cc(C(=O)O)c1C. The number of nitrogens with one attached hydrogen (secondary N) is 1. The molecule has 2 rings (SSSR count). The van der Waals surface area contributed by atoms with Crippen molar-refractivity contribution in [1.29, 1.82) is 0 Å². The third-order valence-electron chi connectivity index (χ3n) is 3.36. The van der Waals surface area contributed by atoms with E-state index < -0.39 is 5.97 Å². The van der Waals surface area contributed by atoms with E-state index in [4.69, 9.17) is 5.11 Å². The number of hydrogen-bond acceptors (Lipinski definition) is 3. The van der Waals surface area contributed by atoms with Crippen molar-refractivity contribution >= 4 is 28.9 Å². The van der Waals surface area contributed by atoms with Crippen LogP contribution in [-0.2, 0) is 11.2 Å². The molecule has 21 heavy (non-hydrogen) atoms. The Balaban J connectivity index is 2.05. The van der Waals surface area contributed by atoms with E-state index in [9.17, 15) is 9.59 Å². The summed E-state index contributed by atoms with van der Waals surface area (Å²) in [6.45, 7) is 3.60. The lowest BCUT2D eigenvalue weighted by Crippen LogP contribution is -2.13. The summed E-state index contributed by atoms with van der Waals surface area (Å²) in [7, 11) is 0.